The SMILES string of the molecule is COc1ccc(N(CC(=O)Nc2ccc(C)c(N3CCCC3=O)c2)S(C)(=O)=O)cc1. The first-order valence-electron chi connectivity index (χ1n) is 9.51. The molecule has 0 aromatic heterocycles. The van der Waals surface area contributed by atoms with Gasteiger partial charge in [0.05, 0.1) is 19.1 Å². The van der Waals surface area contributed by atoms with E-state index < -0.39 is 15.9 Å². The fourth-order valence-electron chi connectivity index (χ4n) is 3.36. The zero-order valence-corrected chi connectivity index (χ0v) is 18.0. The van der Waals surface area contributed by atoms with E-state index in [0.717, 1.165) is 28.2 Å². The van der Waals surface area contributed by atoms with Crippen LogP contribution in [0.4, 0.5) is 17.1 Å². The lowest BCUT2D eigenvalue weighted by Gasteiger charge is -2.23. The fourth-order valence-corrected chi connectivity index (χ4v) is 4.22. The van der Waals surface area contributed by atoms with Gasteiger partial charge in [-0.15, -0.1) is 0 Å². The largest absolute Gasteiger partial charge is 0.497 e. The normalized spacial score (nSPS) is 14.0. The van der Waals surface area contributed by atoms with Crippen LogP contribution in [0.15, 0.2) is 42.5 Å². The number of nitrogens with zero attached hydrogens (tertiary/aromatic N) is 2. The quantitative estimate of drug-likeness (QED) is 0.727. The zero-order valence-electron chi connectivity index (χ0n) is 17.2. The molecule has 0 spiro atoms. The van der Waals surface area contributed by atoms with Crippen molar-refractivity contribution in [3.63, 3.8) is 0 Å². The number of rotatable bonds is 7. The Kier molecular flexibility index (Phi) is 6.31. The average Bonchev–Trinajstić information content (AvgIpc) is 3.12. The smallest absolute Gasteiger partial charge is 0.245 e. The van der Waals surface area contributed by atoms with Gasteiger partial charge in [-0.2, -0.15) is 0 Å². The van der Waals surface area contributed by atoms with Crippen LogP contribution in [0.5, 0.6) is 5.75 Å². The van der Waals surface area contributed by atoms with E-state index in [4.69, 9.17) is 4.74 Å². The number of ether oxygens (including phenoxy) is 1. The highest BCUT2D eigenvalue weighted by atomic mass is 32.2. The summed E-state index contributed by atoms with van der Waals surface area (Å²) in [6.45, 7) is 2.18. The maximum atomic E-state index is 12.6. The van der Waals surface area contributed by atoms with Crippen molar-refractivity contribution in [3.05, 3.63) is 48.0 Å². The molecular formula is C21H25N3O5S. The van der Waals surface area contributed by atoms with Gasteiger partial charge in [-0.3, -0.25) is 13.9 Å². The first-order valence-corrected chi connectivity index (χ1v) is 11.4. The Balaban J connectivity index is 1.78. The molecule has 3 rings (SSSR count). The van der Waals surface area contributed by atoms with E-state index in [1.54, 1.807) is 41.3 Å². The van der Waals surface area contributed by atoms with E-state index in [1.807, 2.05) is 13.0 Å². The lowest BCUT2D eigenvalue weighted by atomic mass is 10.1. The molecule has 0 atom stereocenters. The highest BCUT2D eigenvalue weighted by Crippen LogP contribution is 2.28. The predicted octanol–water partition coefficient (Wildman–Crippen LogP) is 2.54. The summed E-state index contributed by atoms with van der Waals surface area (Å²) in [5.41, 5.74) is 2.55. The minimum Gasteiger partial charge on any atom is -0.497 e. The zero-order chi connectivity index (χ0) is 21.9. The number of sulfonamides is 1. The van der Waals surface area contributed by atoms with Crippen LogP contribution in [0.25, 0.3) is 0 Å². The second-order valence-corrected chi connectivity index (χ2v) is 9.07. The van der Waals surface area contributed by atoms with Crippen molar-refractivity contribution in [3.8, 4) is 5.75 Å². The van der Waals surface area contributed by atoms with Crippen LogP contribution < -0.4 is 19.3 Å². The molecule has 2 amide bonds. The molecule has 0 saturated carbocycles. The molecule has 9 heteroatoms. The van der Waals surface area contributed by atoms with Gasteiger partial charge in [0, 0.05) is 24.3 Å². The van der Waals surface area contributed by atoms with Crippen molar-refractivity contribution < 1.29 is 22.7 Å². The van der Waals surface area contributed by atoms with Crippen molar-refractivity contribution in [1.82, 2.24) is 0 Å². The van der Waals surface area contributed by atoms with Gasteiger partial charge < -0.3 is 15.0 Å². The molecule has 2 aromatic rings. The minimum atomic E-state index is -3.68. The van der Waals surface area contributed by atoms with Crippen molar-refractivity contribution in [1.29, 1.82) is 0 Å². The number of carbonyl (C=O) groups excluding carboxylic acids is 2. The summed E-state index contributed by atoms with van der Waals surface area (Å²) in [7, 11) is -2.17. The third-order valence-electron chi connectivity index (χ3n) is 4.91. The van der Waals surface area contributed by atoms with Crippen LogP contribution in [-0.2, 0) is 19.6 Å². The molecule has 0 unspecified atom stereocenters. The van der Waals surface area contributed by atoms with E-state index in [1.165, 1.54) is 7.11 Å². The minimum absolute atomic E-state index is 0.0596. The highest BCUT2D eigenvalue weighted by molar-refractivity contribution is 7.92. The third kappa shape index (κ3) is 4.91. The summed E-state index contributed by atoms with van der Waals surface area (Å²) < 4.78 is 30.6. The Morgan fingerprint density at radius 2 is 1.90 bits per heavy atom. The molecule has 1 fully saturated rings. The first-order chi connectivity index (χ1) is 14.2. The fraction of sp³-hybridized carbons (Fsp3) is 0.333. The number of hydrogen-bond acceptors (Lipinski definition) is 5. The maximum absolute atomic E-state index is 12.6. The monoisotopic (exact) mass is 431 g/mol. The standard InChI is InChI=1S/C21H25N3O5S/c1-15-6-7-16(13-19(15)23-12-4-5-21(23)26)22-20(25)14-24(30(3,27)28)17-8-10-18(29-2)11-9-17/h6-11,13H,4-5,12,14H2,1-3H3,(H,22,25). The van der Waals surface area contributed by atoms with Crippen LogP contribution in [0.1, 0.15) is 18.4 Å². The van der Waals surface area contributed by atoms with E-state index in [0.29, 0.717) is 30.1 Å². The van der Waals surface area contributed by atoms with Crippen LogP contribution in [0.2, 0.25) is 0 Å². The van der Waals surface area contributed by atoms with Gasteiger partial charge in [-0.05, 0) is 55.3 Å². The van der Waals surface area contributed by atoms with E-state index in [-0.39, 0.29) is 12.5 Å². The van der Waals surface area contributed by atoms with Crippen molar-refractivity contribution in [2.24, 2.45) is 0 Å². The first kappa shape index (κ1) is 21.6. The lowest BCUT2D eigenvalue weighted by molar-refractivity contribution is -0.117. The van der Waals surface area contributed by atoms with Crippen molar-refractivity contribution in [2.75, 3.05) is 41.0 Å². The Bertz CT molecular complexity index is 1050. The Hall–Kier alpha value is -3.07. The summed E-state index contributed by atoms with van der Waals surface area (Å²) in [6, 6.07) is 11.7. The van der Waals surface area contributed by atoms with Gasteiger partial charge in [-0.25, -0.2) is 8.42 Å². The van der Waals surface area contributed by atoms with Crippen LogP contribution in [0, 0.1) is 6.92 Å². The molecule has 0 aliphatic carbocycles. The molecular weight excluding hydrogens is 406 g/mol. The number of nitrogens with one attached hydrogen (secondary N) is 1. The summed E-state index contributed by atoms with van der Waals surface area (Å²) in [6.07, 6.45) is 2.37. The number of aryl methyl sites for hydroxylation is 1. The lowest BCUT2D eigenvalue weighted by Crippen LogP contribution is -2.37. The maximum Gasteiger partial charge on any atom is 0.245 e. The van der Waals surface area contributed by atoms with Gasteiger partial charge in [0.15, 0.2) is 0 Å². The summed E-state index contributed by atoms with van der Waals surface area (Å²) >= 11 is 0. The molecule has 8 nitrogen and oxygen atoms in total. The number of carbonyl (C=O) groups is 2. The molecule has 0 bridgehead atoms. The van der Waals surface area contributed by atoms with Gasteiger partial charge in [0.2, 0.25) is 21.8 Å². The molecule has 1 aliphatic rings. The van der Waals surface area contributed by atoms with Gasteiger partial charge in [0.25, 0.3) is 0 Å². The summed E-state index contributed by atoms with van der Waals surface area (Å²) in [4.78, 5) is 26.4. The predicted molar refractivity (Wildman–Crippen MR) is 117 cm³/mol. The van der Waals surface area contributed by atoms with Gasteiger partial charge in [-0.1, -0.05) is 6.07 Å². The second kappa shape index (κ2) is 8.74. The molecule has 2 aromatic carbocycles. The molecule has 1 heterocycles. The summed E-state index contributed by atoms with van der Waals surface area (Å²) in [5, 5.41) is 2.74. The van der Waals surface area contributed by atoms with Crippen molar-refractivity contribution in [2.45, 2.75) is 19.8 Å². The number of anilines is 3. The van der Waals surface area contributed by atoms with Crippen molar-refractivity contribution >= 4 is 38.9 Å². The van der Waals surface area contributed by atoms with E-state index in [9.17, 15) is 18.0 Å². The second-order valence-electron chi connectivity index (χ2n) is 7.17. The molecule has 0 radical (unpaired) electrons. The number of methoxy groups -OCH3 is 1. The van der Waals surface area contributed by atoms with E-state index >= 15 is 0 Å². The highest BCUT2D eigenvalue weighted by Gasteiger charge is 2.24. The topological polar surface area (TPSA) is 96.0 Å². The molecule has 1 saturated heterocycles. The Morgan fingerprint density at radius 1 is 1.20 bits per heavy atom. The molecule has 160 valence electrons. The number of amides is 2. The van der Waals surface area contributed by atoms with Gasteiger partial charge >= 0.3 is 0 Å². The van der Waals surface area contributed by atoms with Crippen LogP contribution in [0.3, 0.4) is 0 Å². The molecule has 1 N–H and O–H groups in total. The van der Waals surface area contributed by atoms with Crippen LogP contribution in [-0.4, -0.2) is 46.7 Å². The summed E-state index contributed by atoms with van der Waals surface area (Å²) in [5.74, 6) is 0.156. The number of benzene rings is 2. The molecule has 1 aliphatic heterocycles. The Labute approximate surface area is 176 Å². The van der Waals surface area contributed by atoms with E-state index in [2.05, 4.69) is 5.32 Å². The average molecular weight is 432 g/mol. The number of hydrogen-bond donors (Lipinski definition) is 1. The Morgan fingerprint density at radius 3 is 2.47 bits per heavy atom. The third-order valence-corrected chi connectivity index (χ3v) is 6.05. The molecule has 30 heavy (non-hydrogen) atoms. The van der Waals surface area contributed by atoms with Crippen LogP contribution >= 0.6 is 0 Å². The van der Waals surface area contributed by atoms with Gasteiger partial charge in [0.1, 0.15) is 12.3 Å².